The summed E-state index contributed by atoms with van der Waals surface area (Å²) in [4.78, 5) is 4.32. The molecule has 0 aliphatic rings. The van der Waals surface area contributed by atoms with Gasteiger partial charge in [-0.25, -0.2) is 4.98 Å². The van der Waals surface area contributed by atoms with Gasteiger partial charge in [-0.3, -0.25) is 0 Å². The van der Waals surface area contributed by atoms with Gasteiger partial charge in [0.25, 0.3) is 0 Å². The highest BCUT2D eigenvalue weighted by molar-refractivity contribution is 7.11. The molecule has 0 N–H and O–H groups in total. The van der Waals surface area contributed by atoms with Crippen LogP contribution in [0.1, 0.15) is 22.2 Å². The summed E-state index contributed by atoms with van der Waals surface area (Å²) in [7, 11) is 0. The highest BCUT2D eigenvalue weighted by Crippen LogP contribution is 2.22. The number of furan rings is 1. The van der Waals surface area contributed by atoms with Crippen LogP contribution in [0.25, 0.3) is 11.6 Å². The van der Waals surface area contributed by atoms with Gasteiger partial charge in [0.2, 0.25) is 0 Å². The number of ether oxygens (including phenoxy) is 1. The van der Waals surface area contributed by atoms with E-state index in [0.717, 1.165) is 11.4 Å². The van der Waals surface area contributed by atoms with Crippen LogP contribution in [0.2, 0.25) is 0 Å². The molecule has 0 radical (unpaired) electrons. The van der Waals surface area contributed by atoms with Gasteiger partial charge in [0.1, 0.15) is 35.0 Å². The molecule has 0 fully saturated rings. The Bertz CT molecular complexity index is 857. The monoisotopic (exact) mass is 322 g/mol. The van der Waals surface area contributed by atoms with Crippen LogP contribution in [-0.4, -0.2) is 4.98 Å². The number of benzene rings is 1. The Balaban J connectivity index is 1.71. The van der Waals surface area contributed by atoms with Crippen molar-refractivity contribution in [2.75, 3.05) is 0 Å². The first kappa shape index (κ1) is 15.1. The lowest BCUT2D eigenvalue weighted by molar-refractivity contribution is 0.269. The number of hydrogen-bond acceptors (Lipinski definition) is 5. The summed E-state index contributed by atoms with van der Waals surface area (Å²) < 4.78 is 11.3. The van der Waals surface area contributed by atoms with Crippen LogP contribution in [-0.2, 0) is 6.61 Å². The molecule has 0 amide bonds. The first-order valence-corrected chi connectivity index (χ1v) is 7.93. The second-order valence-corrected chi connectivity index (χ2v) is 5.73. The highest BCUT2D eigenvalue weighted by atomic mass is 32.1. The van der Waals surface area contributed by atoms with Crippen LogP contribution < -0.4 is 4.74 Å². The molecule has 0 saturated heterocycles. The zero-order valence-electron chi connectivity index (χ0n) is 12.5. The average Bonchev–Trinajstić information content (AvgIpc) is 3.20. The van der Waals surface area contributed by atoms with Gasteiger partial charge in [-0.1, -0.05) is 18.2 Å². The second-order valence-electron chi connectivity index (χ2n) is 4.87. The molecule has 2 heterocycles. The molecule has 2 aromatic heterocycles. The van der Waals surface area contributed by atoms with E-state index in [1.807, 2.05) is 54.8 Å². The van der Waals surface area contributed by atoms with Gasteiger partial charge in [-0.2, -0.15) is 5.26 Å². The fourth-order valence-corrected chi connectivity index (χ4v) is 2.75. The molecule has 3 aromatic rings. The van der Waals surface area contributed by atoms with Crippen LogP contribution in [0.3, 0.4) is 0 Å². The Kier molecular flexibility index (Phi) is 4.55. The van der Waals surface area contributed by atoms with E-state index < -0.39 is 0 Å². The summed E-state index contributed by atoms with van der Waals surface area (Å²) in [6.07, 6.45) is 1.70. The molecule has 4 nitrogen and oxygen atoms in total. The van der Waals surface area contributed by atoms with Crippen molar-refractivity contribution >= 4 is 23.0 Å². The van der Waals surface area contributed by atoms with Gasteiger partial charge in [0.15, 0.2) is 0 Å². The number of para-hydroxylation sites is 1. The number of allylic oxidation sites excluding steroid dienone is 1. The van der Waals surface area contributed by atoms with Crippen molar-refractivity contribution < 1.29 is 9.15 Å². The lowest BCUT2D eigenvalue weighted by atomic mass is 10.2. The van der Waals surface area contributed by atoms with Crippen LogP contribution in [0.5, 0.6) is 5.75 Å². The molecule has 0 aliphatic carbocycles. The van der Waals surface area contributed by atoms with E-state index in [9.17, 15) is 5.26 Å². The zero-order chi connectivity index (χ0) is 16.1. The molecule has 0 aliphatic heterocycles. The number of nitriles is 1. The normalized spacial score (nSPS) is 11.2. The lowest BCUT2D eigenvalue weighted by Crippen LogP contribution is -1.92. The van der Waals surface area contributed by atoms with Gasteiger partial charge in [-0.05, 0) is 31.2 Å². The van der Waals surface area contributed by atoms with Gasteiger partial charge >= 0.3 is 0 Å². The maximum Gasteiger partial charge on any atom is 0.146 e. The topological polar surface area (TPSA) is 59.0 Å². The smallest absolute Gasteiger partial charge is 0.146 e. The molecule has 0 atom stereocenters. The highest BCUT2D eigenvalue weighted by Gasteiger charge is 2.08. The van der Waals surface area contributed by atoms with Crippen LogP contribution in [0.4, 0.5) is 0 Å². The van der Waals surface area contributed by atoms with Crippen molar-refractivity contribution in [3.05, 3.63) is 70.1 Å². The van der Waals surface area contributed by atoms with Gasteiger partial charge in [0.05, 0.1) is 5.57 Å². The molecule has 0 unspecified atom stereocenters. The SMILES string of the molecule is Cc1csc(C(C#N)=Cc2ccc(COc3ccccc3)o2)n1. The Labute approximate surface area is 138 Å². The van der Waals surface area contributed by atoms with Crippen molar-refractivity contribution in [2.24, 2.45) is 0 Å². The molecule has 0 bridgehead atoms. The number of thiazole rings is 1. The fraction of sp³-hybridized carbons (Fsp3) is 0.111. The molecular weight excluding hydrogens is 308 g/mol. The second kappa shape index (κ2) is 6.95. The summed E-state index contributed by atoms with van der Waals surface area (Å²) in [5, 5.41) is 11.9. The molecular formula is C18H14N2O2S. The Morgan fingerprint density at radius 1 is 1.30 bits per heavy atom. The van der Waals surface area contributed by atoms with E-state index in [1.54, 1.807) is 6.08 Å². The molecule has 1 aromatic carbocycles. The number of aryl methyl sites for hydroxylation is 1. The van der Waals surface area contributed by atoms with E-state index >= 15 is 0 Å². The first-order chi connectivity index (χ1) is 11.2. The summed E-state index contributed by atoms with van der Waals surface area (Å²) in [6, 6.07) is 15.4. The zero-order valence-corrected chi connectivity index (χ0v) is 13.3. The Morgan fingerprint density at radius 2 is 2.13 bits per heavy atom. The predicted octanol–water partition coefficient (Wildman–Crippen LogP) is 4.69. The fourth-order valence-electron chi connectivity index (χ4n) is 1.98. The van der Waals surface area contributed by atoms with Crippen LogP contribution >= 0.6 is 11.3 Å². The quantitative estimate of drug-likeness (QED) is 0.639. The predicted molar refractivity (Wildman–Crippen MR) is 89.8 cm³/mol. The first-order valence-electron chi connectivity index (χ1n) is 7.05. The minimum atomic E-state index is 0.343. The number of hydrogen-bond donors (Lipinski definition) is 0. The molecule has 3 rings (SSSR count). The minimum Gasteiger partial charge on any atom is -0.486 e. The van der Waals surface area contributed by atoms with Crippen molar-refractivity contribution in [1.29, 1.82) is 5.26 Å². The number of nitrogens with zero attached hydrogens (tertiary/aromatic N) is 2. The van der Waals surface area contributed by atoms with Crippen LogP contribution in [0.15, 0.2) is 52.3 Å². The van der Waals surface area contributed by atoms with E-state index in [-0.39, 0.29) is 0 Å². The summed E-state index contributed by atoms with van der Waals surface area (Å²) in [5.41, 5.74) is 1.40. The minimum absolute atomic E-state index is 0.343. The third-order valence-corrected chi connectivity index (χ3v) is 4.06. The average molecular weight is 322 g/mol. The van der Waals surface area contributed by atoms with Crippen molar-refractivity contribution in [1.82, 2.24) is 4.98 Å². The molecule has 23 heavy (non-hydrogen) atoms. The molecule has 0 spiro atoms. The Morgan fingerprint density at radius 3 is 2.83 bits per heavy atom. The molecule has 0 saturated carbocycles. The largest absolute Gasteiger partial charge is 0.486 e. The number of rotatable bonds is 5. The third kappa shape index (κ3) is 3.87. The van der Waals surface area contributed by atoms with E-state index in [1.165, 1.54) is 11.3 Å². The van der Waals surface area contributed by atoms with E-state index in [0.29, 0.717) is 28.7 Å². The molecule has 5 heteroatoms. The lowest BCUT2D eigenvalue weighted by Gasteiger charge is -2.02. The van der Waals surface area contributed by atoms with Crippen LogP contribution in [0, 0.1) is 18.3 Å². The van der Waals surface area contributed by atoms with Crippen molar-refractivity contribution in [3.8, 4) is 11.8 Å². The van der Waals surface area contributed by atoms with E-state index in [2.05, 4.69) is 11.1 Å². The Hall–Kier alpha value is -2.84. The van der Waals surface area contributed by atoms with Crippen molar-refractivity contribution in [3.63, 3.8) is 0 Å². The van der Waals surface area contributed by atoms with Gasteiger partial charge in [0, 0.05) is 17.2 Å². The summed E-state index contributed by atoms with van der Waals surface area (Å²) >= 11 is 1.45. The summed E-state index contributed by atoms with van der Waals surface area (Å²) in [5.74, 6) is 2.10. The standard InChI is InChI=1S/C18H14N2O2S/c1-13-12-23-18(20-13)14(10-19)9-16-7-8-17(22-16)11-21-15-5-3-2-4-6-15/h2-9,12H,11H2,1H3. The van der Waals surface area contributed by atoms with Crippen molar-refractivity contribution in [2.45, 2.75) is 13.5 Å². The van der Waals surface area contributed by atoms with E-state index in [4.69, 9.17) is 9.15 Å². The maximum absolute atomic E-state index is 9.29. The summed E-state index contributed by atoms with van der Waals surface area (Å²) in [6.45, 7) is 2.25. The van der Waals surface area contributed by atoms with Gasteiger partial charge in [-0.15, -0.1) is 11.3 Å². The molecule has 114 valence electrons. The number of aromatic nitrogens is 1. The maximum atomic E-state index is 9.29. The third-order valence-electron chi connectivity index (χ3n) is 3.06. The van der Waals surface area contributed by atoms with Gasteiger partial charge < -0.3 is 9.15 Å².